The average molecular weight is 680 g/mol. The van der Waals surface area contributed by atoms with Crippen LogP contribution >= 0.6 is 11.8 Å². The van der Waals surface area contributed by atoms with E-state index in [0.29, 0.717) is 6.04 Å². The summed E-state index contributed by atoms with van der Waals surface area (Å²) in [6.07, 6.45) is 7.13. The van der Waals surface area contributed by atoms with Crippen LogP contribution in [-0.2, 0) is 9.47 Å². The van der Waals surface area contributed by atoms with Gasteiger partial charge < -0.3 is 24.6 Å². The van der Waals surface area contributed by atoms with Crippen molar-refractivity contribution in [1.82, 2.24) is 40.3 Å². The van der Waals surface area contributed by atoms with Crippen molar-refractivity contribution in [2.45, 2.75) is 31.7 Å². The first-order valence-electron chi connectivity index (χ1n) is 16.7. The van der Waals surface area contributed by atoms with Crippen molar-refractivity contribution in [3.8, 4) is 22.8 Å². The van der Waals surface area contributed by atoms with Gasteiger partial charge in [0.15, 0.2) is 0 Å². The minimum Gasteiger partial charge on any atom is -0.382 e. The lowest BCUT2D eigenvalue weighted by atomic mass is 10.1. The van der Waals surface area contributed by atoms with Gasteiger partial charge in [-0.2, -0.15) is 10.2 Å². The fraction of sp³-hybridized carbons (Fsp3) is 0.371. The molecule has 2 aliphatic rings. The molecule has 6 aromatic rings. The SMILES string of the molecule is CC(C)Nc1cc(N2CCOCC2)nc2c(-c3ccn[nH]3)nccc12.CCSc1cc(N2CCOCC2)nc2c(-c3ccn[nH]3)nccc12. The van der Waals surface area contributed by atoms with Crippen LogP contribution in [0.1, 0.15) is 20.8 Å². The number of fused-ring (bicyclic) bond motifs is 2. The largest absolute Gasteiger partial charge is 0.382 e. The molecule has 2 aliphatic heterocycles. The number of pyridine rings is 4. The number of nitrogens with zero attached hydrogens (tertiary/aromatic N) is 8. The highest BCUT2D eigenvalue weighted by Gasteiger charge is 2.20. The summed E-state index contributed by atoms with van der Waals surface area (Å²) < 4.78 is 10.9. The molecule has 0 atom stereocenters. The molecule has 0 unspecified atom stereocenters. The van der Waals surface area contributed by atoms with Crippen LogP contribution in [0.2, 0.25) is 0 Å². The summed E-state index contributed by atoms with van der Waals surface area (Å²) in [5, 5.41) is 19.9. The highest BCUT2D eigenvalue weighted by Crippen LogP contribution is 2.35. The number of H-pyrrole nitrogens is 2. The summed E-state index contributed by atoms with van der Waals surface area (Å²) in [6, 6.07) is 12.5. The molecule has 0 saturated carbocycles. The zero-order valence-corrected chi connectivity index (χ0v) is 28.8. The Labute approximate surface area is 289 Å². The zero-order chi connectivity index (χ0) is 33.6. The molecule has 0 spiro atoms. The third-order valence-electron chi connectivity index (χ3n) is 8.32. The minimum absolute atomic E-state index is 0.326. The molecule has 8 heterocycles. The van der Waals surface area contributed by atoms with E-state index in [9.17, 15) is 0 Å². The van der Waals surface area contributed by atoms with Crippen LogP contribution in [0.5, 0.6) is 0 Å². The van der Waals surface area contributed by atoms with E-state index in [-0.39, 0.29) is 0 Å². The third-order valence-corrected chi connectivity index (χ3v) is 9.25. The van der Waals surface area contributed by atoms with Gasteiger partial charge in [-0.1, -0.05) is 6.92 Å². The Morgan fingerprint density at radius 2 is 1.27 bits per heavy atom. The number of rotatable bonds is 8. The number of aromatic amines is 2. The number of anilines is 3. The maximum absolute atomic E-state index is 5.48. The summed E-state index contributed by atoms with van der Waals surface area (Å²) >= 11 is 1.84. The lowest BCUT2D eigenvalue weighted by Gasteiger charge is -2.29. The molecule has 13 nitrogen and oxygen atoms in total. The number of hydrogen-bond acceptors (Lipinski definition) is 12. The van der Waals surface area contributed by atoms with Gasteiger partial charge in [-0.25, -0.2) is 9.97 Å². The van der Waals surface area contributed by atoms with E-state index in [1.54, 1.807) is 12.4 Å². The summed E-state index contributed by atoms with van der Waals surface area (Å²) in [5.74, 6) is 2.96. The Morgan fingerprint density at radius 3 is 1.78 bits per heavy atom. The second-order valence-corrected chi connectivity index (χ2v) is 13.3. The standard InChI is InChI=1S/C18H22N6O.C17H19N5OS/c1-12(2)21-15-11-16(24-7-9-25-10-8-24)22-17-13(15)3-5-19-18(17)14-4-6-20-23-14;1-2-24-14-11-15(22-7-9-23-10-8-22)20-16-12(14)3-5-18-17(16)13-4-6-19-21-13/h3-6,11-12H,7-10H2,1-2H3,(H,20,23)(H,21,22);3-6,11H,2,7-10H2,1H3,(H,19,21). The molecule has 2 fully saturated rings. The first kappa shape index (κ1) is 32.7. The van der Waals surface area contributed by atoms with Crippen LogP contribution in [0, 0.1) is 0 Å². The minimum atomic E-state index is 0.326. The summed E-state index contributed by atoms with van der Waals surface area (Å²) in [5.41, 5.74) is 6.28. The van der Waals surface area contributed by atoms with Gasteiger partial charge >= 0.3 is 0 Å². The van der Waals surface area contributed by atoms with Crippen LogP contribution in [0.25, 0.3) is 44.6 Å². The van der Waals surface area contributed by atoms with Crippen LogP contribution in [0.3, 0.4) is 0 Å². The molecule has 6 aromatic heterocycles. The van der Waals surface area contributed by atoms with Crippen LogP contribution < -0.4 is 15.1 Å². The van der Waals surface area contributed by atoms with Crippen molar-refractivity contribution >= 4 is 50.9 Å². The van der Waals surface area contributed by atoms with E-state index in [1.165, 1.54) is 4.90 Å². The highest BCUT2D eigenvalue weighted by molar-refractivity contribution is 7.99. The molecule has 0 amide bonds. The Balaban J connectivity index is 0.000000154. The number of ether oxygens (including phenoxy) is 2. The normalized spacial score (nSPS) is 15.1. The van der Waals surface area contributed by atoms with Gasteiger partial charge in [-0.3, -0.25) is 20.2 Å². The quantitative estimate of drug-likeness (QED) is 0.171. The number of nitrogens with one attached hydrogen (secondary N) is 3. The molecular weight excluding hydrogens is 639 g/mol. The first-order chi connectivity index (χ1) is 24.1. The van der Waals surface area contributed by atoms with Gasteiger partial charge in [0.05, 0.1) is 37.8 Å². The topological polar surface area (TPSA) is 146 Å². The average Bonchev–Trinajstić information content (AvgIpc) is 3.88. The van der Waals surface area contributed by atoms with Gasteiger partial charge in [0.2, 0.25) is 0 Å². The van der Waals surface area contributed by atoms with Crippen molar-refractivity contribution in [1.29, 1.82) is 0 Å². The van der Waals surface area contributed by atoms with Crippen LogP contribution in [-0.4, -0.2) is 105 Å². The van der Waals surface area contributed by atoms with E-state index < -0.39 is 0 Å². The molecule has 14 heteroatoms. The maximum atomic E-state index is 5.48. The maximum Gasteiger partial charge on any atom is 0.131 e. The molecule has 8 rings (SSSR count). The zero-order valence-electron chi connectivity index (χ0n) is 28.0. The second kappa shape index (κ2) is 15.2. The van der Waals surface area contributed by atoms with Crippen molar-refractivity contribution in [2.75, 3.05) is 73.5 Å². The van der Waals surface area contributed by atoms with Crippen LogP contribution in [0.15, 0.2) is 66.1 Å². The fourth-order valence-corrected chi connectivity index (χ4v) is 6.85. The highest BCUT2D eigenvalue weighted by atomic mass is 32.2. The van der Waals surface area contributed by atoms with Crippen molar-refractivity contribution in [3.63, 3.8) is 0 Å². The van der Waals surface area contributed by atoms with Gasteiger partial charge in [-0.05, 0) is 49.9 Å². The molecule has 0 bridgehead atoms. The van der Waals surface area contributed by atoms with E-state index in [2.05, 4.69) is 78.4 Å². The Hall–Kier alpha value is -4.79. The van der Waals surface area contributed by atoms with Crippen LogP contribution in [0.4, 0.5) is 17.3 Å². The van der Waals surface area contributed by atoms with E-state index >= 15 is 0 Å². The lowest BCUT2D eigenvalue weighted by molar-refractivity contribution is 0.122. The Kier molecular flexibility index (Phi) is 10.1. The molecule has 49 heavy (non-hydrogen) atoms. The molecule has 0 aromatic carbocycles. The fourth-order valence-electron chi connectivity index (χ4n) is 6.03. The first-order valence-corrected chi connectivity index (χ1v) is 17.7. The lowest BCUT2D eigenvalue weighted by Crippen LogP contribution is -2.36. The number of hydrogen-bond donors (Lipinski definition) is 3. The Bertz CT molecular complexity index is 1970. The molecular formula is C35H41N11O2S. The van der Waals surface area contributed by atoms with Gasteiger partial charge in [-0.15, -0.1) is 11.8 Å². The van der Waals surface area contributed by atoms with Crippen molar-refractivity contribution < 1.29 is 9.47 Å². The predicted molar refractivity (Wildman–Crippen MR) is 195 cm³/mol. The van der Waals surface area contributed by atoms with Gasteiger partial charge in [0.1, 0.15) is 34.1 Å². The van der Waals surface area contributed by atoms with E-state index in [0.717, 1.165) is 120 Å². The van der Waals surface area contributed by atoms with Crippen molar-refractivity contribution in [3.05, 3.63) is 61.2 Å². The molecule has 254 valence electrons. The van der Waals surface area contributed by atoms with E-state index in [1.807, 2.05) is 48.4 Å². The summed E-state index contributed by atoms with van der Waals surface area (Å²) in [6.45, 7) is 12.8. The number of morpholine rings is 2. The number of thioether (sulfide) groups is 1. The van der Waals surface area contributed by atoms with E-state index in [4.69, 9.17) is 19.4 Å². The molecule has 3 N–H and O–H groups in total. The number of aromatic nitrogens is 8. The third kappa shape index (κ3) is 7.31. The summed E-state index contributed by atoms with van der Waals surface area (Å²) in [4.78, 5) is 24.8. The predicted octanol–water partition coefficient (Wildman–Crippen LogP) is 5.65. The second-order valence-electron chi connectivity index (χ2n) is 12.0. The molecule has 0 aliphatic carbocycles. The molecule has 2 saturated heterocycles. The van der Waals surface area contributed by atoms with Gasteiger partial charge in [0, 0.05) is 84.4 Å². The summed E-state index contributed by atoms with van der Waals surface area (Å²) in [7, 11) is 0. The van der Waals surface area contributed by atoms with Gasteiger partial charge in [0.25, 0.3) is 0 Å². The Morgan fingerprint density at radius 1 is 0.735 bits per heavy atom. The molecule has 0 radical (unpaired) electrons. The monoisotopic (exact) mass is 679 g/mol. The smallest absolute Gasteiger partial charge is 0.131 e. The van der Waals surface area contributed by atoms with Crippen molar-refractivity contribution in [2.24, 2.45) is 0 Å².